The van der Waals surface area contributed by atoms with Crippen molar-refractivity contribution < 1.29 is 9.32 Å². The molecular weight excluding hydrogens is 224 g/mol. The third-order valence-electron chi connectivity index (χ3n) is 1.08. The molecule has 1 rings (SSSR count). The highest BCUT2D eigenvalue weighted by Gasteiger charge is 1.98. The molecule has 0 saturated carbocycles. The molecule has 0 saturated heterocycles. The van der Waals surface area contributed by atoms with Gasteiger partial charge in [-0.2, -0.15) is 0 Å². The number of aromatic nitrogens is 1. The van der Waals surface area contributed by atoms with Gasteiger partial charge in [-0.3, -0.25) is 4.79 Å². The Morgan fingerprint density at radius 3 is 3.25 bits per heavy atom. The van der Waals surface area contributed by atoms with Crippen LogP contribution in [0.5, 0.6) is 0 Å². The first kappa shape index (κ1) is 8.81. The summed E-state index contributed by atoms with van der Waals surface area (Å²) in [6.07, 6.45) is 1.51. The summed E-state index contributed by atoms with van der Waals surface area (Å²) in [5.41, 5.74) is 0. The van der Waals surface area contributed by atoms with E-state index in [-0.39, 0.29) is 5.91 Å². The molecule has 1 heterocycles. The minimum absolute atomic E-state index is 0.306. The van der Waals surface area contributed by atoms with Gasteiger partial charge in [-0.25, -0.2) is 0 Å². The molecule has 1 aromatic heterocycles. The third kappa shape index (κ3) is 2.76. The maximum absolute atomic E-state index is 10.8. The maximum Gasteiger partial charge on any atom is 0.297 e. The molecule has 4 nitrogen and oxygen atoms in total. The third-order valence-corrected chi connectivity index (χ3v) is 1.27. The van der Waals surface area contributed by atoms with E-state index in [2.05, 4.69) is 37.2 Å². The first-order chi connectivity index (χ1) is 5.83. The van der Waals surface area contributed by atoms with Crippen molar-refractivity contribution in [1.82, 2.24) is 10.5 Å². The first-order valence-electron chi connectivity index (χ1n) is 3.12. The molecule has 0 aliphatic heterocycles. The predicted molar refractivity (Wildman–Crippen MR) is 45.1 cm³/mol. The highest BCUT2D eigenvalue weighted by atomic mass is 79.9. The summed E-state index contributed by atoms with van der Waals surface area (Å²) < 4.78 is 4.74. The molecule has 1 N–H and O–H groups in total. The van der Waals surface area contributed by atoms with Gasteiger partial charge in [0.05, 0.1) is 12.7 Å². The van der Waals surface area contributed by atoms with Gasteiger partial charge in [0.2, 0.25) is 0 Å². The van der Waals surface area contributed by atoms with Gasteiger partial charge in [0.25, 0.3) is 5.91 Å². The van der Waals surface area contributed by atoms with E-state index >= 15 is 0 Å². The minimum Gasteiger partial charge on any atom is -0.360 e. The number of nitrogens with zero attached hydrogens (tertiary/aromatic N) is 1. The van der Waals surface area contributed by atoms with Gasteiger partial charge in [-0.1, -0.05) is 5.16 Å². The fraction of sp³-hybridized carbons (Fsp3) is 0.143. The van der Waals surface area contributed by atoms with Gasteiger partial charge in [-0.05, 0) is 4.83 Å². The number of carbonyl (C=O) groups excluding carboxylic acids is 1. The number of hydrogen-bond donors (Lipinski definition) is 1. The lowest BCUT2D eigenvalue weighted by Crippen LogP contribution is -2.20. The van der Waals surface area contributed by atoms with Crippen LogP contribution < -0.4 is 5.32 Å². The van der Waals surface area contributed by atoms with Crippen LogP contribution in [0.1, 0.15) is 5.76 Å². The van der Waals surface area contributed by atoms with Crippen LogP contribution in [0.4, 0.5) is 0 Å². The molecule has 0 radical (unpaired) electrons. The van der Waals surface area contributed by atoms with Crippen molar-refractivity contribution in [2.75, 3.05) is 0 Å². The monoisotopic (exact) mass is 228 g/mol. The zero-order chi connectivity index (χ0) is 8.81. The van der Waals surface area contributed by atoms with Crippen LogP contribution in [-0.4, -0.2) is 11.1 Å². The second-order valence-corrected chi connectivity index (χ2v) is 2.28. The fourth-order valence-corrected chi connectivity index (χ4v) is 0.768. The number of nitrogens with one attached hydrogen (secondary N) is 1. The standard InChI is InChI=1S/C7H5BrN2O2/c8-3-1-7(11)9-5-6-2-4-10-12-6/h2,4H,5H2,(H,9,11). The van der Waals surface area contributed by atoms with Crippen molar-refractivity contribution in [2.45, 2.75) is 6.54 Å². The van der Waals surface area contributed by atoms with Crippen LogP contribution in [-0.2, 0) is 11.3 Å². The van der Waals surface area contributed by atoms with E-state index < -0.39 is 0 Å². The van der Waals surface area contributed by atoms with Gasteiger partial charge in [0.15, 0.2) is 5.76 Å². The lowest BCUT2D eigenvalue weighted by atomic mass is 10.4. The normalized spacial score (nSPS) is 8.42. The maximum atomic E-state index is 10.8. The summed E-state index contributed by atoms with van der Waals surface area (Å²) in [6, 6.07) is 1.67. The summed E-state index contributed by atoms with van der Waals surface area (Å²) in [6.45, 7) is 0.306. The highest BCUT2D eigenvalue weighted by Crippen LogP contribution is 1.94. The van der Waals surface area contributed by atoms with Crippen molar-refractivity contribution in [3.05, 3.63) is 18.0 Å². The summed E-state index contributed by atoms with van der Waals surface area (Å²) in [7, 11) is 0. The van der Waals surface area contributed by atoms with Gasteiger partial charge >= 0.3 is 0 Å². The van der Waals surface area contributed by atoms with Crippen LogP contribution in [0.25, 0.3) is 0 Å². The predicted octanol–water partition coefficient (Wildman–Crippen LogP) is 0.647. The molecule has 5 heteroatoms. The van der Waals surface area contributed by atoms with Crippen LogP contribution in [0, 0.1) is 10.8 Å². The molecule has 12 heavy (non-hydrogen) atoms. The molecule has 62 valence electrons. The van der Waals surface area contributed by atoms with E-state index in [9.17, 15) is 4.79 Å². The Bertz CT molecular complexity index is 310. The zero-order valence-electron chi connectivity index (χ0n) is 6.00. The number of hydrogen-bond acceptors (Lipinski definition) is 3. The van der Waals surface area contributed by atoms with Crippen LogP contribution in [0.3, 0.4) is 0 Å². The van der Waals surface area contributed by atoms with Crippen LogP contribution in [0.15, 0.2) is 16.8 Å². The summed E-state index contributed by atoms with van der Waals surface area (Å²) in [5.74, 6) is 2.50. The second-order valence-electron chi connectivity index (χ2n) is 1.88. The molecule has 1 amide bonds. The number of amides is 1. The van der Waals surface area contributed by atoms with Gasteiger partial charge in [0, 0.05) is 27.9 Å². The summed E-state index contributed by atoms with van der Waals surface area (Å²) >= 11 is 2.81. The van der Waals surface area contributed by atoms with Crippen LogP contribution in [0.2, 0.25) is 0 Å². The van der Waals surface area contributed by atoms with Crippen molar-refractivity contribution in [1.29, 1.82) is 0 Å². The largest absolute Gasteiger partial charge is 0.360 e. The van der Waals surface area contributed by atoms with E-state index in [1.54, 1.807) is 6.07 Å². The van der Waals surface area contributed by atoms with Crippen molar-refractivity contribution in [2.24, 2.45) is 0 Å². The molecule has 0 bridgehead atoms. The molecule has 0 aliphatic carbocycles. The SMILES string of the molecule is O=C(C#CBr)NCc1ccno1. The molecule has 0 spiro atoms. The Morgan fingerprint density at radius 2 is 2.67 bits per heavy atom. The molecule has 1 aromatic rings. The summed E-state index contributed by atoms with van der Waals surface area (Å²) in [4.78, 5) is 13.1. The molecule has 0 atom stereocenters. The quantitative estimate of drug-likeness (QED) is 0.757. The van der Waals surface area contributed by atoms with Gasteiger partial charge in [0.1, 0.15) is 0 Å². The number of halogens is 1. The molecule has 0 aliphatic rings. The Labute approximate surface area is 77.4 Å². The summed E-state index contributed by atoms with van der Waals surface area (Å²) in [5, 5.41) is 5.98. The second kappa shape index (κ2) is 4.57. The molecular formula is C7H5BrN2O2. The zero-order valence-corrected chi connectivity index (χ0v) is 7.59. The van der Waals surface area contributed by atoms with E-state index in [4.69, 9.17) is 4.52 Å². The Kier molecular flexibility index (Phi) is 3.35. The van der Waals surface area contributed by atoms with E-state index in [0.29, 0.717) is 12.3 Å². The fourth-order valence-electron chi connectivity index (χ4n) is 0.588. The molecule has 0 fully saturated rings. The Morgan fingerprint density at radius 1 is 1.83 bits per heavy atom. The van der Waals surface area contributed by atoms with Crippen molar-refractivity contribution in [3.63, 3.8) is 0 Å². The van der Waals surface area contributed by atoms with Crippen molar-refractivity contribution in [3.8, 4) is 10.8 Å². The van der Waals surface area contributed by atoms with E-state index in [0.717, 1.165) is 0 Å². The number of rotatable bonds is 2. The Balaban J connectivity index is 2.35. The topological polar surface area (TPSA) is 55.1 Å². The smallest absolute Gasteiger partial charge is 0.297 e. The highest BCUT2D eigenvalue weighted by molar-refractivity contribution is 9.12. The average molecular weight is 229 g/mol. The van der Waals surface area contributed by atoms with E-state index in [1.165, 1.54) is 6.20 Å². The molecule has 0 aromatic carbocycles. The molecule has 0 unspecified atom stereocenters. The minimum atomic E-state index is -0.358. The Hall–Kier alpha value is -1.28. The van der Waals surface area contributed by atoms with Gasteiger partial charge in [-0.15, -0.1) is 0 Å². The van der Waals surface area contributed by atoms with Gasteiger partial charge < -0.3 is 9.84 Å². The average Bonchev–Trinajstić information content (AvgIpc) is 2.53. The lowest BCUT2D eigenvalue weighted by molar-refractivity contribution is -0.115. The van der Waals surface area contributed by atoms with Crippen molar-refractivity contribution >= 4 is 21.8 Å². The lowest BCUT2D eigenvalue weighted by Gasteiger charge is -1.93. The number of carbonyl (C=O) groups is 1. The van der Waals surface area contributed by atoms with Crippen LogP contribution >= 0.6 is 15.9 Å². The first-order valence-corrected chi connectivity index (χ1v) is 3.91. The van der Waals surface area contributed by atoms with E-state index in [1.807, 2.05) is 0 Å².